The van der Waals surface area contributed by atoms with Gasteiger partial charge in [-0.15, -0.1) is 0 Å². The van der Waals surface area contributed by atoms with Gasteiger partial charge >= 0.3 is 8.56 Å². The molecule has 0 aromatic carbocycles. The van der Waals surface area contributed by atoms with Gasteiger partial charge in [-0.3, -0.25) is 0 Å². The van der Waals surface area contributed by atoms with E-state index in [-0.39, 0.29) is 0 Å². The third-order valence-corrected chi connectivity index (χ3v) is 25.0. The molecule has 0 aromatic heterocycles. The van der Waals surface area contributed by atoms with Gasteiger partial charge < -0.3 is 16.7 Å². The van der Waals surface area contributed by atoms with E-state index < -0.39 is 34.6 Å². The summed E-state index contributed by atoms with van der Waals surface area (Å²) < 4.78 is 17.9. The van der Waals surface area contributed by atoms with Crippen molar-refractivity contribution < 1.29 is 8.23 Å². The van der Waals surface area contributed by atoms with Gasteiger partial charge in [-0.2, -0.15) is 0 Å². The molecule has 1 atom stereocenters. The van der Waals surface area contributed by atoms with Crippen molar-refractivity contribution in [2.24, 2.45) is 0 Å². The summed E-state index contributed by atoms with van der Waals surface area (Å²) >= 11 is 0. The van der Waals surface area contributed by atoms with Crippen LogP contribution in [0.2, 0.25) is 45.8 Å². The first-order valence-electron chi connectivity index (χ1n) is 6.25. The maximum Gasteiger partial charge on any atom is 0.312 e. The zero-order chi connectivity index (χ0) is 13.6. The van der Waals surface area contributed by atoms with E-state index in [1.165, 1.54) is 0 Å². The van der Waals surface area contributed by atoms with Crippen molar-refractivity contribution in [2.75, 3.05) is 14.1 Å². The first kappa shape index (κ1) is 15.8. The Bertz CT molecular complexity index is 277. The Balaban J connectivity index is 3.10. The van der Waals surface area contributed by atoms with Gasteiger partial charge in [-0.05, 0) is 59.9 Å². The predicted octanol–water partition coefficient (Wildman–Crippen LogP) is 1.85. The summed E-state index contributed by atoms with van der Waals surface area (Å²) in [7, 11) is -2.16. The highest BCUT2D eigenvalue weighted by Crippen LogP contribution is 2.34. The molecule has 0 aliphatic carbocycles. The Kier molecular flexibility index (Phi) is 4.33. The van der Waals surface area contributed by atoms with Gasteiger partial charge in [0.15, 0.2) is 9.12 Å². The van der Waals surface area contributed by atoms with Crippen LogP contribution >= 0.6 is 0 Å². The third kappa shape index (κ3) is 3.38. The lowest BCUT2D eigenvalue weighted by molar-refractivity contribution is 0.318. The first-order valence-corrected chi connectivity index (χ1v) is 17.0. The van der Waals surface area contributed by atoms with Gasteiger partial charge in [0.2, 0.25) is 17.0 Å². The second-order valence-electron chi connectivity index (χ2n) is 6.46. The van der Waals surface area contributed by atoms with Crippen molar-refractivity contribution in [1.82, 2.24) is 8.46 Å². The van der Waals surface area contributed by atoms with Gasteiger partial charge in [0, 0.05) is 0 Å². The smallest absolute Gasteiger partial charge is 0.312 e. The molecule has 0 N–H and O–H groups in total. The van der Waals surface area contributed by atoms with Crippen molar-refractivity contribution in [1.29, 1.82) is 0 Å². The largest absolute Gasteiger partial charge is 0.425 e. The lowest BCUT2D eigenvalue weighted by Crippen LogP contribution is -2.79. The van der Waals surface area contributed by atoms with Crippen molar-refractivity contribution in [3.05, 3.63) is 0 Å². The normalized spacial score (nSPS) is 29.3. The molecule has 0 amide bonds. The molecule has 102 valence electrons. The quantitative estimate of drug-likeness (QED) is 0.727. The molecule has 1 aliphatic rings. The van der Waals surface area contributed by atoms with Crippen LogP contribution in [0, 0.1) is 0 Å². The van der Waals surface area contributed by atoms with Crippen molar-refractivity contribution in [3.63, 3.8) is 0 Å². The summed E-state index contributed by atoms with van der Waals surface area (Å²) in [6.45, 7) is 16.1. The monoisotopic (exact) mass is 308 g/mol. The van der Waals surface area contributed by atoms with Crippen LogP contribution in [0.15, 0.2) is 0 Å². The second kappa shape index (κ2) is 4.67. The van der Waals surface area contributed by atoms with Crippen molar-refractivity contribution in [3.8, 4) is 0 Å². The van der Waals surface area contributed by atoms with Gasteiger partial charge in [0.1, 0.15) is 0 Å². The number of rotatable bonds is 2. The van der Waals surface area contributed by atoms with E-state index in [4.69, 9.17) is 8.23 Å². The van der Waals surface area contributed by atoms with Gasteiger partial charge in [0.05, 0.1) is 0 Å². The molecule has 4 nitrogen and oxygen atoms in total. The molecule has 0 radical (unpaired) electrons. The van der Waals surface area contributed by atoms with E-state index in [1.807, 2.05) is 0 Å². The van der Waals surface area contributed by atoms with Gasteiger partial charge in [-0.25, -0.2) is 0 Å². The summed E-state index contributed by atoms with van der Waals surface area (Å²) in [5.74, 6) is 0. The standard InChI is InChI=1S/C9H28N2O2Si4/c1-10(2)14(3)11-15(4,5)12-17(8,9)13-16(11,6)7/h14H,1-9H3. The summed E-state index contributed by atoms with van der Waals surface area (Å²) in [5.41, 5.74) is 0. The zero-order valence-corrected chi connectivity index (χ0v) is 16.9. The minimum Gasteiger partial charge on any atom is -0.425 e. The average molecular weight is 309 g/mol. The molecule has 1 heterocycles. The topological polar surface area (TPSA) is 24.9 Å². The fraction of sp³-hybridized carbons (Fsp3) is 1.00. The van der Waals surface area contributed by atoms with Crippen molar-refractivity contribution in [2.45, 2.75) is 45.8 Å². The third-order valence-electron chi connectivity index (χ3n) is 3.27. The minimum absolute atomic E-state index is 1.10. The average Bonchev–Trinajstić information content (AvgIpc) is 1.94. The van der Waals surface area contributed by atoms with E-state index >= 15 is 0 Å². The molecule has 1 rings (SSSR count). The Morgan fingerprint density at radius 3 is 1.53 bits per heavy atom. The van der Waals surface area contributed by atoms with Gasteiger partial charge in [0.25, 0.3) is 0 Å². The SMILES string of the molecule is CN(C)[SiH](C)N1[Si](C)(C)O[Si](C)(C)O[Si]1(C)C. The summed E-state index contributed by atoms with van der Waals surface area (Å²) in [5, 5.41) is 0. The molecule has 1 aliphatic heterocycles. The Hall–Kier alpha value is 0.708. The van der Waals surface area contributed by atoms with Crippen LogP contribution in [0.5, 0.6) is 0 Å². The van der Waals surface area contributed by atoms with Crippen LogP contribution in [0.4, 0.5) is 0 Å². The molecule has 0 spiro atoms. The van der Waals surface area contributed by atoms with E-state index in [2.05, 4.69) is 68.4 Å². The van der Waals surface area contributed by atoms with E-state index in [1.54, 1.807) is 0 Å². The van der Waals surface area contributed by atoms with Crippen LogP contribution in [0.1, 0.15) is 0 Å². The van der Waals surface area contributed by atoms with E-state index in [9.17, 15) is 0 Å². The predicted molar refractivity (Wildman–Crippen MR) is 83.2 cm³/mol. The van der Waals surface area contributed by atoms with Crippen LogP contribution in [0.25, 0.3) is 0 Å². The number of nitrogens with zero attached hydrogens (tertiary/aromatic N) is 2. The Morgan fingerprint density at radius 1 is 0.882 bits per heavy atom. The van der Waals surface area contributed by atoms with Crippen molar-refractivity contribution >= 4 is 34.6 Å². The highest BCUT2D eigenvalue weighted by atomic mass is 28.5. The number of hydrogen-bond donors (Lipinski definition) is 0. The van der Waals surface area contributed by atoms with Crippen LogP contribution in [-0.2, 0) is 8.23 Å². The van der Waals surface area contributed by atoms with E-state index in [0.29, 0.717) is 0 Å². The second-order valence-corrected chi connectivity index (χ2v) is 21.9. The lowest BCUT2D eigenvalue weighted by Gasteiger charge is -2.57. The summed E-state index contributed by atoms with van der Waals surface area (Å²) in [6, 6.07) is 0. The van der Waals surface area contributed by atoms with Crippen LogP contribution in [0.3, 0.4) is 0 Å². The molecule has 0 bridgehead atoms. The van der Waals surface area contributed by atoms with E-state index in [0.717, 1.165) is 0 Å². The molecule has 1 unspecified atom stereocenters. The molecular formula is C9H28N2O2Si4. The zero-order valence-electron chi connectivity index (χ0n) is 12.8. The molecule has 8 heteroatoms. The minimum atomic E-state index is -1.90. The maximum absolute atomic E-state index is 6.40. The number of hydrogen-bond acceptors (Lipinski definition) is 4. The van der Waals surface area contributed by atoms with Crippen LogP contribution < -0.4 is 0 Å². The highest BCUT2D eigenvalue weighted by molar-refractivity contribution is 7.02. The van der Waals surface area contributed by atoms with Crippen LogP contribution in [-0.4, -0.2) is 57.2 Å². The molecule has 1 fully saturated rings. The lowest BCUT2D eigenvalue weighted by atomic mass is 11.3. The highest BCUT2D eigenvalue weighted by Gasteiger charge is 2.56. The molecule has 1 saturated heterocycles. The molecule has 17 heavy (non-hydrogen) atoms. The molecular weight excluding hydrogens is 280 g/mol. The fourth-order valence-corrected chi connectivity index (χ4v) is 30.1. The Morgan fingerprint density at radius 2 is 1.24 bits per heavy atom. The molecule has 0 saturated carbocycles. The Labute approximate surface area is 111 Å². The first-order chi connectivity index (χ1) is 7.39. The molecule has 0 aromatic rings. The van der Waals surface area contributed by atoms with Gasteiger partial charge in [-0.1, -0.05) is 0 Å². The fourth-order valence-electron chi connectivity index (χ4n) is 3.10. The summed E-state index contributed by atoms with van der Waals surface area (Å²) in [4.78, 5) is 0. The maximum atomic E-state index is 6.40. The summed E-state index contributed by atoms with van der Waals surface area (Å²) in [6.07, 6.45) is 0.